The number of aliphatic hydroxyl groups excluding tert-OH is 6. The van der Waals surface area contributed by atoms with Crippen molar-refractivity contribution in [3.8, 4) is 0 Å². The molecule has 0 aromatic carbocycles. The van der Waals surface area contributed by atoms with E-state index in [0.717, 1.165) is 70.8 Å². The molecule has 0 aromatic heterocycles. The first-order valence-electron chi connectivity index (χ1n) is 22.9. The largest absolute Gasteiger partial charge is 0.550 e. The van der Waals surface area contributed by atoms with Gasteiger partial charge in [0.2, 0.25) is 0 Å². The van der Waals surface area contributed by atoms with Crippen molar-refractivity contribution < 1.29 is 66.7 Å². The number of carbonyl (C=O) groups is 3. The SMILES string of the molecule is CCCCC[C@H](O)/C=C/C=C\C=C\C=C\[C@@H](O)[C@@H](O)CCCC.CCCCC[C@H](O)/C=C/C=C\C=C\C=C\[C@@H](O)[C@@H](O)CCCC(=O)[O-].C[C@H]([NH3+])C(=O)N[C@@H](CCCC[NH3+])C(=O)[O-]. The average Bonchev–Trinajstić information content (AvgIpc) is 3.24. The summed E-state index contributed by atoms with van der Waals surface area (Å²) >= 11 is 0. The van der Waals surface area contributed by atoms with E-state index in [0.29, 0.717) is 19.3 Å². The molecule has 14 heteroatoms. The number of quaternary nitrogens is 2. The van der Waals surface area contributed by atoms with E-state index in [1.165, 1.54) is 12.5 Å². The lowest BCUT2D eigenvalue weighted by Gasteiger charge is -2.19. The molecule has 0 saturated carbocycles. The van der Waals surface area contributed by atoms with Crippen LogP contribution in [0.4, 0.5) is 0 Å². The van der Waals surface area contributed by atoms with Gasteiger partial charge in [-0.25, -0.2) is 0 Å². The van der Waals surface area contributed by atoms with Gasteiger partial charge in [0.15, 0.2) is 6.04 Å². The summed E-state index contributed by atoms with van der Waals surface area (Å²) in [5, 5.41) is 81.4. The molecule has 0 fully saturated rings. The van der Waals surface area contributed by atoms with Crippen molar-refractivity contribution in [1.82, 2.24) is 5.32 Å². The molecule has 1 amide bonds. The third-order valence-corrected chi connectivity index (χ3v) is 9.17. The van der Waals surface area contributed by atoms with Gasteiger partial charge < -0.3 is 67.2 Å². The molecule has 0 aliphatic rings. The van der Waals surface area contributed by atoms with Gasteiger partial charge in [0.05, 0.1) is 55.2 Å². The van der Waals surface area contributed by atoms with E-state index < -0.39 is 54.5 Å². The summed E-state index contributed by atoms with van der Waals surface area (Å²) < 4.78 is 0. The maximum absolute atomic E-state index is 11.2. The van der Waals surface area contributed by atoms with Gasteiger partial charge in [0, 0.05) is 5.97 Å². The van der Waals surface area contributed by atoms with Gasteiger partial charge in [-0.15, -0.1) is 0 Å². The molecule has 0 spiro atoms. The fourth-order valence-corrected chi connectivity index (χ4v) is 5.21. The molecule has 0 aliphatic heterocycles. The average molecular weight is 892 g/mol. The number of carboxylic acids is 2. The first-order valence-corrected chi connectivity index (χ1v) is 22.9. The molecule has 0 rings (SSSR count). The Kier molecular flexibility index (Phi) is 46.2. The summed E-state index contributed by atoms with van der Waals surface area (Å²) in [4.78, 5) is 32.2. The summed E-state index contributed by atoms with van der Waals surface area (Å²) in [7, 11) is 0. The quantitative estimate of drug-likeness (QED) is 0.0333. The van der Waals surface area contributed by atoms with E-state index in [-0.39, 0.29) is 31.3 Å². The Hall–Kier alpha value is -3.99. The number of hydrogen-bond acceptors (Lipinski definition) is 11. The summed E-state index contributed by atoms with van der Waals surface area (Å²) in [6.45, 7) is 8.71. The second kappa shape index (κ2) is 46.0. The molecular formula is C49H85N3O11. The lowest BCUT2D eigenvalue weighted by Crippen LogP contribution is -2.67. The smallest absolute Gasteiger partial charge is 0.278 e. The van der Waals surface area contributed by atoms with Crippen molar-refractivity contribution in [3.05, 3.63) is 97.2 Å². The highest BCUT2D eigenvalue weighted by Crippen LogP contribution is 2.08. The van der Waals surface area contributed by atoms with E-state index in [1.54, 1.807) is 73.8 Å². The van der Waals surface area contributed by atoms with Crippen LogP contribution in [-0.4, -0.2) is 104 Å². The Morgan fingerprint density at radius 1 is 0.524 bits per heavy atom. The minimum absolute atomic E-state index is 0.126. The maximum atomic E-state index is 11.2. The maximum Gasteiger partial charge on any atom is 0.278 e. The predicted molar refractivity (Wildman–Crippen MR) is 247 cm³/mol. The number of carbonyl (C=O) groups excluding carboxylic acids is 3. The van der Waals surface area contributed by atoms with Crippen molar-refractivity contribution in [2.45, 2.75) is 186 Å². The van der Waals surface area contributed by atoms with E-state index in [2.05, 4.69) is 37.6 Å². The fourth-order valence-electron chi connectivity index (χ4n) is 5.21. The van der Waals surface area contributed by atoms with E-state index in [4.69, 9.17) is 0 Å². The van der Waals surface area contributed by atoms with Gasteiger partial charge in [-0.2, -0.15) is 0 Å². The Morgan fingerprint density at radius 3 is 1.27 bits per heavy atom. The van der Waals surface area contributed by atoms with Crippen molar-refractivity contribution >= 4 is 17.8 Å². The summed E-state index contributed by atoms with van der Waals surface area (Å²) in [6.07, 6.45) is 36.8. The Labute approximate surface area is 378 Å². The second-order valence-electron chi connectivity index (χ2n) is 15.4. The monoisotopic (exact) mass is 892 g/mol. The van der Waals surface area contributed by atoms with Crippen LogP contribution in [0, 0.1) is 0 Å². The molecule has 0 aliphatic carbocycles. The van der Waals surface area contributed by atoms with Gasteiger partial charge in [0.25, 0.3) is 5.91 Å². The first kappa shape index (κ1) is 63.3. The summed E-state index contributed by atoms with van der Waals surface area (Å²) in [5.41, 5.74) is 7.17. The van der Waals surface area contributed by atoms with E-state index >= 15 is 0 Å². The highest BCUT2D eigenvalue weighted by molar-refractivity contribution is 5.84. The van der Waals surface area contributed by atoms with Crippen molar-refractivity contribution in [1.29, 1.82) is 0 Å². The number of hydrogen-bond donors (Lipinski definition) is 9. The van der Waals surface area contributed by atoms with Crippen molar-refractivity contribution in [3.63, 3.8) is 0 Å². The number of nitrogens with one attached hydrogen (secondary N) is 1. The Balaban J connectivity index is -0.000000884. The number of allylic oxidation sites excluding steroid dienone is 12. The van der Waals surface area contributed by atoms with Gasteiger partial charge in [-0.3, -0.25) is 4.79 Å². The predicted octanol–water partition coefficient (Wildman–Crippen LogP) is 2.12. The molecule has 0 heterocycles. The van der Waals surface area contributed by atoms with Crippen LogP contribution in [0.25, 0.3) is 0 Å². The van der Waals surface area contributed by atoms with Crippen LogP contribution < -0.4 is 27.0 Å². The molecular weight excluding hydrogens is 807 g/mol. The van der Waals surface area contributed by atoms with Crippen molar-refractivity contribution in [2.75, 3.05) is 6.54 Å². The molecule has 0 saturated heterocycles. The number of amides is 1. The van der Waals surface area contributed by atoms with Crippen LogP contribution in [-0.2, 0) is 14.4 Å². The molecule has 0 bridgehead atoms. The number of aliphatic hydroxyl groups is 6. The second-order valence-corrected chi connectivity index (χ2v) is 15.4. The normalized spacial score (nSPS) is 16.1. The lowest BCUT2D eigenvalue weighted by molar-refractivity contribution is -0.398. The molecule has 8 atom stereocenters. The molecule has 63 heavy (non-hydrogen) atoms. The molecule has 14 nitrogen and oxygen atoms in total. The molecule has 0 unspecified atom stereocenters. The summed E-state index contributed by atoms with van der Waals surface area (Å²) in [6, 6.07) is -1.37. The standard InChI is InChI=1S/C20H32O5.C20H34O3.C9H19N3O3/c1-2-3-8-12-17(21)13-9-6-4-5-7-10-14-18(22)19(23)15-11-16-20(24)25;1-3-5-11-14-18(21)15-12-9-7-8-10-13-17-20(23)19(22)16-6-4-2;1-6(11)8(13)12-7(9(14)15)4-2-3-5-10/h4-7,9-10,13-14,17-19,21-23H,2-3,8,11-12,15-16H2,1H3,(H,24,25);7-10,12-13,15,17-23H,3-6,11,14,16H2,1-2H3;6-7H,2-5,10-11H2,1H3,(H,12,13)(H,14,15)/b6-4-,7-5+,13-9+,14-10+;9-7-,10-8+,15-12+,17-13+;/t17-,18+,19-;18-,19-,20+;6-,7-/m000/s1. The number of rotatable bonds is 34. The number of aliphatic carboxylic acids is 2. The third-order valence-electron chi connectivity index (χ3n) is 9.17. The zero-order valence-electron chi connectivity index (χ0n) is 38.7. The Bertz CT molecular complexity index is 1360. The highest BCUT2D eigenvalue weighted by atomic mass is 16.4. The zero-order valence-corrected chi connectivity index (χ0v) is 38.7. The van der Waals surface area contributed by atoms with Crippen LogP contribution in [0.15, 0.2) is 97.2 Å². The highest BCUT2D eigenvalue weighted by Gasteiger charge is 2.17. The van der Waals surface area contributed by atoms with Crippen LogP contribution >= 0.6 is 0 Å². The molecule has 362 valence electrons. The topological polar surface area (TPSA) is 286 Å². The summed E-state index contributed by atoms with van der Waals surface area (Å²) in [5.74, 6) is -2.76. The van der Waals surface area contributed by atoms with E-state index in [9.17, 15) is 55.2 Å². The van der Waals surface area contributed by atoms with Crippen molar-refractivity contribution in [2.24, 2.45) is 0 Å². The van der Waals surface area contributed by atoms with Gasteiger partial charge >= 0.3 is 0 Å². The number of unbranched alkanes of at least 4 members (excludes halogenated alkanes) is 6. The minimum Gasteiger partial charge on any atom is -0.550 e. The molecule has 0 radical (unpaired) electrons. The fraction of sp³-hybridized carbons (Fsp3) is 0.612. The van der Waals surface area contributed by atoms with Crippen LogP contribution in [0.2, 0.25) is 0 Å². The van der Waals surface area contributed by atoms with Gasteiger partial charge in [0.1, 0.15) is 0 Å². The number of carboxylic acid groups (broad SMARTS) is 2. The van der Waals surface area contributed by atoms with Crippen LogP contribution in [0.3, 0.4) is 0 Å². The minimum atomic E-state index is -1.24. The Morgan fingerprint density at radius 2 is 0.905 bits per heavy atom. The van der Waals surface area contributed by atoms with Crippen LogP contribution in [0.1, 0.15) is 137 Å². The van der Waals surface area contributed by atoms with E-state index in [1.807, 2.05) is 24.3 Å². The van der Waals surface area contributed by atoms with Crippen LogP contribution in [0.5, 0.6) is 0 Å². The lowest BCUT2D eigenvalue weighted by atomic mass is 10.1. The third kappa shape index (κ3) is 45.8. The first-order chi connectivity index (χ1) is 30.1. The molecule has 13 N–H and O–H groups in total. The van der Waals surface area contributed by atoms with Gasteiger partial charge in [-0.05, 0) is 64.7 Å². The molecule has 0 aromatic rings. The van der Waals surface area contributed by atoms with Gasteiger partial charge in [-0.1, -0.05) is 169 Å². The zero-order chi connectivity index (χ0) is 48.1.